The lowest BCUT2D eigenvalue weighted by Gasteiger charge is -2.32. The minimum Gasteiger partial charge on any atom is -0.352 e. The molecule has 9 rings (SSSR count). The van der Waals surface area contributed by atoms with Crippen molar-refractivity contribution in [3.05, 3.63) is 114 Å². The summed E-state index contributed by atoms with van der Waals surface area (Å²) in [5.41, 5.74) is 4.70. The van der Waals surface area contributed by atoms with E-state index in [1.165, 1.54) is 5.56 Å². The lowest BCUT2D eigenvalue weighted by atomic mass is 9.81. The van der Waals surface area contributed by atoms with E-state index in [-0.39, 0.29) is 53.5 Å². The number of aromatic nitrogens is 2. The van der Waals surface area contributed by atoms with Crippen molar-refractivity contribution < 1.29 is 24.0 Å². The normalized spacial score (nSPS) is 23.7. The zero-order valence-corrected chi connectivity index (χ0v) is 34.1. The van der Waals surface area contributed by atoms with E-state index in [9.17, 15) is 24.0 Å². The smallest absolute Gasteiger partial charge is 0.250 e. The largest absolute Gasteiger partial charge is 0.352 e. The monoisotopic (exact) mass is 809 g/mol. The van der Waals surface area contributed by atoms with Gasteiger partial charge in [0.05, 0.1) is 17.9 Å². The van der Waals surface area contributed by atoms with Crippen molar-refractivity contribution in [2.75, 3.05) is 13.1 Å². The highest BCUT2D eigenvalue weighted by molar-refractivity contribution is 5.94. The van der Waals surface area contributed by atoms with Crippen molar-refractivity contribution in [2.24, 2.45) is 11.8 Å². The molecule has 5 fully saturated rings. The molecule has 3 heterocycles. The van der Waals surface area contributed by atoms with Gasteiger partial charge in [0.15, 0.2) is 0 Å². The molecule has 1 aromatic heterocycles. The van der Waals surface area contributed by atoms with Gasteiger partial charge in [0, 0.05) is 31.0 Å². The van der Waals surface area contributed by atoms with Gasteiger partial charge in [-0.15, -0.1) is 0 Å². The number of carbonyl (C=O) groups is 5. The van der Waals surface area contributed by atoms with E-state index in [1.54, 1.807) is 4.90 Å². The summed E-state index contributed by atoms with van der Waals surface area (Å²) in [6.45, 7) is 1.11. The Hall–Kier alpha value is -5.78. The van der Waals surface area contributed by atoms with Gasteiger partial charge in [0.25, 0.3) is 0 Å². The predicted molar refractivity (Wildman–Crippen MR) is 226 cm³/mol. The Morgan fingerprint density at radius 3 is 1.73 bits per heavy atom. The molecular weight excluding hydrogens is 755 g/mol. The van der Waals surface area contributed by atoms with Crippen LogP contribution in [-0.2, 0) is 24.0 Å². The highest BCUT2D eigenvalue weighted by Crippen LogP contribution is 2.37. The third kappa shape index (κ3) is 8.74. The number of rotatable bonds is 13. The quantitative estimate of drug-likeness (QED) is 0.122. The van der Waals surface area contributed by atoms with E-state index in [1.807, 2.05) is 71.8 Å². The zero-order valence-electron chi connectivity index (χ0n) is 34.1. The summed E-state index contributed by atoms with van der Waals surface area (Å²) in [7, 11) is 0. The van der Waals surface area contributed by atoms with Crippen molar-refractivity contribution in [2.45, 2.75) is 113 Å². The number of H-pyrrole nitrogens is 1. The molecule has 4 unspecified atom stereocenters. The van der Waals surface area contributed by atoms with Crippen molar-refractivity contribution in [3.63, 3.8) is 0 Å². The van der Waals surface area contributed by atoms with Gasteiger partial charge >= 0.3 is 0 Å². The van der Waals surface area contributed by atoms with Gasteiger partial charge in [0.1, 0.15) is 23.9 Å². The minimum atomic E-state index is -0.802. The SMILES string of the molecule is O=C(NC(C(=O)N1CCCC1C(=O)NC1CCC(c2ccc(-c3cnc(C4CCCN4C(=O)C(NC(=O)C4CC4)c4ccccc4)[nH]3)cc2)CC1)c1ccccc1)C1CC1. The van der Waals surface area contributed by atoms with Gasteiger partial charge in [-0.3, -0.25) is 24.0 Å². The highest BCUT2D eigenvalue weighted by Gasteiger charge is 2.42. The molecule has 0 spiro atoms. The molecule has 312 valence electrons. The number of aromatic amines is 1. The van der Waals surface area contributed by atoms with Crippen molar-refractivity contribution in [3.8, 4) is 11.3 Å². The Balaban J connectivity index is 0.789. The van der Waals surface area contributed by atoms with Crippen LogP contribution in [0.15, 0.2) is 91.1 Å². The second kappa shape index (κ2) is 17.4. The standard InChI is InChI=1S/C48H55N7O5/c56-44(35-19-20-35)52-41(33-9-3-1-4-10-33)47(59)54-27-7-13-39(54)43-49-29-38(51-43)32-17-15-30(16-18-32)31-23-25-37(26-24-31)50-46(58)40-14-8-28-55(40)48(60)42(34-11-5-2-6-12-34)53-45(57)36-21-22-36/h1-6,9-12,15-18,29,31,35-37,39-42H,7-8,13-14,19-28H2,(H,49,51)(H,50,58)(H,52,56)(H,53,57). The molecule has 0 radical (unpaired) electrons. The molecular formula is C48H55N7O5. The van der Waals surface area contributed by atoms with E-state index in [0.29, 0.717) is 25.4 Å². The molecule has 3 saturated carbocycles. The number of amides is 5. The highest BCUT2D eigenvalue weighted by atomic mass is 16.2. The first kappa shape index (κ1) is 39.7. The Bertz CT molecular complexity index is 2180. The summed E-state index contributed by atoms with van der Waals surface area (Å²) in [6, 6.07) is 25.2. The molecule has 0 bridgehead atoms. The molecule has 4 aromatic rings. The summed E-state index contributed by atoms with van der Waals surface area (Å²) in [6.07, 6.45) is 11.9. The number of carbonyl (C=O) groups excluding carboxylic acids is 5. The van der Waals surface area contributed by atoms with Crippen LogP contribution in [-0.4, -0.2) is 74.5 Å². The number of hydrogen-bond donors (Lipinski definition) is 4. The van der Waals surface area contributed by atoms with E-state index in [2.05, 4.69) is 45.2 Å². The van der Waals surface area contributed by atoms with Crippen LogP contribution >= 0.6 is 0 Å². The maximum absolute atomic E-state index is 14.1. The van der Waals surface area contributed by atoms with Crippen LogP contribution in [0.2, 0.25) is 0 Å². The third-order valence-electron chi connectivity index (χ3n) is 13.3. The van der Waals surface area contributed by atoms with Crippen molar-refractivity contribution in [1.29, 1.82) is 0 Å². The van der Waals surface area contributed by atoms with E-state index in [0.717, 1.165) is 98.8 Å². The maximum atomic E-state index is 14.1. The summed E-state index contributed by atoms with van der Waals surface area (Å²) in [5.74, 6) is 0.538. The number of benzene rings is 3. The predicted octanol–water partition coefficient (Wildman–Crippen LogP) is 6.41. The number of imidazole rings is 1. The Morgan fingerprint density at radius 1 is 0.600 bits per heavy atom. The van der Waals surface area contributed by atoms with Gasteiger partial charge in [0.2, 0.25) is 29.5 Å². The van der Waals surface area contributed by atoms with Gasteiger partial charge in [-0.2, -0.15) is 0 Å². The average Bonchev–Trinajstić information content (AvgIpc) is 4.16. The molecule has 12 nitrogen and oxygen atoms in total. The second-order valence-electron chi connectivity index (χ2n) is 17.5. The molecule has 3 aliphatic carbocycles. The molecule has 2 aliphatic heterocycles. The fraction of sp³-hybridized carbons (Fsp3) is 0.458. The van der Waals surface area contributed by atoms with E-state index < -0.39 is 18.1 Å². The first-order chi connectivity index (χ1) is 29.3. The first-order valence-electron chi connectivity index (χ1n) is 22.1. The van der Waals surface area contributed by atoms with Gasteiger partial charge in [-0.05, 0) is 105 Å². The lowest BCUT2D eigenvalue weighted by molar-refractivity contribution is -0.142. The summed E-state index contributed by atoms with van der Waals surface area (Å²) in [5, 5.41) is 9.33. The van der Waals surface area contributed by atoms with Crippen LogP contribution in [0.1, 0.15) is 124 Å². The zero-order chi connectivity index (χ0) is 41.2. The molecule has 5 aliphatic rings. The third-order valence-corrected chi connectivity index (χ3v) is 13.3. The second-order valence-corrected chi connectivity index (χ2v) is 17.5. The van der Waals surface area contributed by atoms with E-state index in [4.69, 9.17) is 4.98 Å². The molecule has 4 atom stereocenters. The lowest BCUT2D eigenvalue weighted by Crippen LogP contribution is -2.52. The molecule has 12 heteroatoms. The van der Waals surface area contributed by atoms with Crippen molar-refractivity contribution >= 4 is 29.5 Å². The van der Waals surface area contributed by atoms with Crippen LogP contribution in [0.3, 0.4) is 0 Å². The van der Waals surface area contributed by atoms with E-state index >= 15 is 0 Å². The summed E-state index contributed by atoms with van der Waals surface area (Å²) < 4.78 is 0. The van der Waals surface area contributed by atoms with Crippen LogP contribution < -0.4 is 16.0 Å². The van der Waals surface area contributed by atoms with Crippen LogP contribution in [0.25, 0.3) is 11.3 Å². The van der Waals surface area contributed by atoms with Gasteiger partial charge in [-0.25, -0.2) is 4.98 Å². The number of nitrogens with one attached hydrogen (secondary N) is 4. The minimum absolute atomic E-state index is 0.00182. The van der Waals surface area contributed by atoms with Crippen LogP contribution in [0, 0.1) is 11.8 Å². The maximum Gasteiger partial charge on any atom is 0.250 e. The van der Waals surface area contributed by atoms with Crippen LogP contribution in [0.4, 0.5) is 0 Å². The molecule has 5 amide bonds. The Labute approximate surface area is 351 Å². The van der Waals surface area contributed by atoms with Gasteiger partial charge < -0.3 is 30.7 Å². The summed E-state index contributed by atoms with van der Waals surface area (Å²) in [4.78, 5) is 79.2. The van der Waals surface area contributed by atoms with Crippen LogP contribution in [0.5, 0.6) is 0 Å². The Kier molecular flexibility index (Phi) is 11.5. The molecule has 2 saturated heterocycles. The number of nitrogens with zero attached hydrogens (tertiary/aromatic N) is 3. The average molecular weight is 810 g/mol. The molecule has 3 aromatic carbocycles. The first-order valence-corrected chi connectivity index (χ1v) is 22.1. The molecule has 60 heavy (non-hydrogen) atoms. The van der Waals surface area contributed by atoms with Gasteiger partial charge in [-0.1, -0.05) is 84.9 Å². The summed E-state index contributed by atoms with van der Waals surface area (Å²) >= 11 is 0. The molecule has 4 N–H and O–H groups in total. The Morgan fingerprint density at radius 2 is 1.15 bits per heavy atom. The van der Waals surface area contributed by atoms with Crippen molar-refractivity contribution in [1.82, 2.24) is 35.7 Å². The number of likely N-dealkylation sites (tertiary alicyclic amines) is 2. The fourth-order valence-electron chi connectivity index (χ4n) is 9.48. The number of hydrogen-bond acceptors (Lipinski definition) is 6. The fourth-order valence-corrected chi connectivity index (χ4v) is 9.48. The topological polar surface area (TPSA) is 157 Å².